The van der Waals surface area contributed by atoms with Crippen molar-refractivity contribution >= 4 is 6.09 Å². The van der Waals surface area contributed by atoms with Crippen LogP contribution in [0.5, 0.6) is 0 Å². The summed E-state index contributed by atoms with van der Waals surface area (Å²) in [4.78, 5) is 11.5. The van der Waals surface area contributed by atoms with Crippen molar-refractivity contribution in [2.45, 2.75) is 52.7 Å². The monoisotopic (exact) mass is 242 g/mol. The summed E-state index contributed by atoms with van der Waals surface area (Å²) in [6, 6.07) is 0.360. The Morgan fingerprint density at radius 2 is 2.06 bits per heavy atom. The van der Waals surface area contributed by atoms with E-state index in [9.17, 15) is 4.79 Å². The normalized spacial score (nSPS) is 29.8. The van der Waals surface area contributed by atoms with Crippen molar-refractivity contribution in [3.8, 4) is 0 Å². The molecular formula is C13H26N2O2. The van der Waals surface area contributed by atoms with Crippen LogP contribution >= 0.6 is 0 Å². The van der Waals surface area contributed by atoms with Crippen molar-refractivity contribution in [2.75, 3.05) is 13.1 Å². The minimum Gasteiger partial charge on any atom is -0.444 e. The maximum Gasteiger partial charge on any atom is 0.407 e. The molecule has 0 aromatic rings. The lowest BCUT2D eigenvalue weighted by Crippen LogP contribution is -2.50. The van der Waals surface area contributed by atoms with E-state index in [1.165, 1.54) is 6.42 Å². The van der Waals surface area contributed by atoms with E-state index in [-0.39, 0.29) is 6.09 Å². The SMILES string of the molecule is CC1CNC(CNC(=O)OC(C)(C)C)C(C)C1. The molecule has 4 heteroatoms. The van der Waals surface area contributed by atoms with Gasteiger partial charge in [0.25, 0.3) is 0 Å². The predicted molar refractivity (Wildman–Crippen MR) is 69.0 cm³/mol. The summed E-state index contributed by atoms with van der Waals surface area (Å²) < 4.78 is 5.21. The quantitative estimate of drug-likeness (QED) is 0.780. The molecule has 1 aliphatic heterocycles. The zero-order chi connectivity index (χ0) is 13.1. The third-order valence-corrected chi connectivity index (χ3v) is 3.05. The zero-order valence-electron chi connectivity index (χ0n) is 11.7. The van der Waals surface area contributed by atoms with Gasteiger partial charge in [0, 0.05) is 12.6 Å². The van der Waals surface area contributed by atoms with Gasteiger partial charge in [-0.05, 0) is 45.6 Å². The Bertz CT molecular complexity index is 261. The van der Waals surface area contributed by atoms with Crippen LogP contribution in [0, 0.1) is 11.8 Å². The van der Waals surface area contributed by atoms with E-state index in [0.717, 1.165) is 12.5 Å². The Labute approximate surface area is 104 Å². The molecule has 0 spiro atoms. The molecule has 0 radical (unpaired) electrons. The summed E-state index contributed by atoms with van der Waals surface area (Å²) in [5, 5.41) is 6.30. The van der Waals surface area contributed by atoms with Gasteiger partial charge in [-0.3, -0.25) is 0 Å². The molecule has 1 rings (SSSR count). The Morgan fingerprint density at radius 1 is 1.41 bits per heavy atom. The fraction of sp³-hybridized carbons (Fsp3) is 0.923. The van der Waals surface area contributed by atoms with Crippen molar-refractivity contribution in [2.24, 2.45) is 11.8 Å². The van der Waals surface area contributed by atoms with Gasteiger partial charge in [0.2, 0.25) is 0 Å². The van der Waals surface area contributed by atoms with Crippen molar-refractivity contribution in [3.63, 3.8) is 0 Å². The van der Waals surface area contributed by atoms with Crippen LogP contribution in [-0.4, -0.2) is 30.8 Å². The molecule has 4 nitrogen and oxygen atoms in total. The number of hydrogen-bond donors (Lipinski definition) is 2. The van der Waals surface area contributed by atoms with Gasteiger partial charge in [0.1, 0.15) is 5.60 Å². The lowest BCUT2D eigenvalue weighted by Gasteiger charge is -2.34. The number of rotatable bonds is 2. The van der Waals surface area contributed by atoms with Gasteiger partial charge in [0.05, 0.1) is 0 Å². The summed E-state index contributed by atoms with van der Waals surface area (Å²) in [6.45, 7) is 11.8. The first-order chi connectivity index (χ1) is 7.78. The highest BCUT2D eigenvalue weighted by Crippen LogP contribution is 2.19. The second-order valence-corrected chi connectivity index (χ2v) is 6.22. The van der Waals surface area contributed by atoms with Crippen LogP contribution in [0.4, 0.5) is 4.79 Å². The zero-order valence-corrected chi connectivity index (χ0v) is 11.7. The maximum absolute atomic E-state index is 11.5. The van der Waals surface area contributed by atoms with E-state index in [1.54, 1.807) is 0 Å². The van der Waals surface area contributed by atoms with E-state index >= 15 is 0 Å². The molecule has 0 bridgehead atoms. The van der Waals surface area contributed by atoms with Gasteiger partial charge in [-0.1, -0.05) is 13.8 Å². The second kappa shape index (κ2) is 5.71. The highest BCUT2D eigenvalue weighted by atomic mass is 16.6. The van der Waals surface area contributed by atoms with E-state index in [2.05, 4.69) is 24.5 Å². The molecule has 0 aromatic carbocycles. The predicted octanol–water partition coefficient (Wildman–Crippen LogP) is 2.15. The molecule has 1 fully saturated rings. The molecule has 0 saturated carbocycles. The minimum absolute atomic E-state index is 0.329. The number of alkyl carbamates (subject to hydrolysis) is 1. The molecule has 0 aliphatic carbocycles. The lowest BCUT2D eigenvalue weighted by molar-refractivity contribution is 0.0514. The maximum atomic E-state index is 11.5. The smallest absolute Gasteiger partial charge is 0.407 e. The summed E-state index contributed by atoms with van der Waals surface area (Å²) in [5.41, 5.74) is -0.426. The number of amides is 1. The van der Waals surface area contributed by atoms with Crippen molar-refractivity contribution < 1.29 is 9.53 Å². The van der Waals surface area contributed by atoms with Crippen LogP contribution in [0.2, 0.25) is 0 Å². The Morgan fingerprint density at radius 3 is 2.59 bits per heavy atom. The molecule has 2 N–H and O–H groups in total. The summed E-state index contributed by atoms with van der Waals surface area (Å²) >= 11 is 0. The van der Waals surface area contributed by atoms with Crippen molar-refractivity contribution in [1.29, 1.82) is 0 Å². The highest BCUT2D eigenvalue weighted by molar-refractivity contribution is 5.67. The molecule has 3 atom stereocenters. The fourth-order valence-corrected chi connectivity index (χ4v) is 2.22. The van der Waals surface area contributed by atoms with Gasteiger partial charge >= 0.3 is 6.09 Å². The first-order valence-corrected chi connectivity index (χ1v) is 6.48. The number of carbonyl (C=O) groups is 1. The topological polar surface area (TPSA) is 50.4 Å². The van der Waals surface area contributed by atoms with Gasteiger partial charge in [-0.2, -0.15) is 0 Å². The van der Waals surface area contributed by atoms with Gasteiger partial charge in [0.15, 0.2) is 0 Å². The average Bonchev–Trinajstić information content (AvgIpc) is 2.13. The second-order valence-electron chi connectivity index (χ2n) is 6.22. The molecule has 1 aliphatic rings. The summed E-state index contributed by atoms with van der Waals surface area (Å²) in [7, 11) is 0. The number of hydrogen-bond acceptors (Lipinski definition) is 3. The first kappa shape index (κ1) is 14.3. The van der Waals surface area contributed by atoms with E-state index in [1.807, 2.05) is 20.8 Å². The van der Waals surface area contributed by atoms with Crippen LogP contribution < -0.4 is 10.6 Å². The van der Waals surface area contributed by atoms with E-state index < -0.39 is 5.60 Å². The summed E-state index contributed by atoms with van der Waals surface area (Å²) in [6.07, 6.45) is 0.887. The average molecular weight is 242 g/mol. The van der Waals surface area contributed by atoms with Crippen LogP contribution in [-0.2, 0) is 4.74 Å². The molecule has 1 heterocycles. The molecule has 100 valence electrons. The Kier molecular flexibility index (Phi) is 4.80. The van der Waals surface area contributed by atoms with Crippen LogP contribution in [0.1, 0.15) is 41.0 Å². The molecule has 3 unspecified atom stereocenters. The van der Waals surface area contributed by atoms with Gasteiger partial charge < -0.3 is 15.4 Å². The molecule has 1 amide bonds. The van der Waals surface area contributed by atoms with Crippen LogP contribution in [0.3, 0.4) is 0 Å². The van der Waals surface area contributed by atoms with Gasteiger partial charge in [-0.25, -0.2) is 4.79 Å². The Balaban J connectivity index is 2.28. The minimum atomic E-state index is -0.426. The highest BCUT2D eigenvalue weighted by Gasteiger charge is 2.25. The molecular weight excluding hydrogens is 216 g/mol. The molecule has 17 heavy (non-hydrogen) atoms. The number of piperidine rings is 1. The largest absolute Gasteiger partial charge is 0.444 e. The van der Waals surface area contributed by atoms with Crippen molar-refractivity contribution in [1.82, 2.24) is 10.6 Å². The van der Waals surface area contributed by atoms with E-state index in [4.69, 9.17) is 4.74 Å². The van der Waals surface area contributed by atoms with Crippen LogP contribution in [0.15, 0.2) is 0 Å². The van der Waals surface area contributed by atoms with Gasteiger partial charge in [-0.15, -0.1) is 0 Å². The molecule has 0 aromatic heterocycles. The molecule has 1 saturated heterocycles. The third-order valence-electron chi connectivity index (χ3n) is 3.05. The first-order valence-electron chi connectivity index (χ1n) is 6.48. The number of nitrogens with one attached hydrogen (secondary N) is 2. The summed E-state index contributed by atoms with van der Waals surface area (Å²) in [5.74, 6) is 1.32. The number of ether oxygens (including phenoxy) is 1. The van der Waals surface area contributed by atoms with Crippen molar-refractivity contribution in [3.05, 3.63) is 0 Å². The number of carbonyl (C=O) groups excluding carboxylic acids is 1. The van der Waals surface area contributed by atoms with E-state index in [0.29, 0.717) is 18.5 Å². The Hall–Kier alpha value is -0.770. The standard InChI is InChI=1S/C13H26N2O2/c1-9-6-10(2)11(14-7-9)8-15-12(16)17-13(3,4)5/h9-11,14H,6-8H2,1-5H3,(H,15,16). The van der Waals surface area contributed by atoms with Crippen LogP contribution in [0.25, 0.3) is 0 Å². The lowest BCUT2D eigenvalue weighted by atomic mass is 9.87. The third kappa shape index (κ3) is 5.39. The fourth-order valence-electron chi connectivity index (χ4n) is 2.22.